The molecule has 0 rings (SSSR count). The van der Waals surface area contributed by atoms with Gasteiger partial charge < -0.3 is 0 Å². The van der Waals surface area contributed by atoms with Crippen LogP contribution in [0, 0.1) is 10.8 Å². The van der Waals surface area contributed by atoms with Crippen molar-refractivity contribution in [3.8, 4) is 0 Å². The Kier molecular flexibility index (Phi) is 3.41. The van der Waals surface area contributed by atoms with Gasteiger partial charge in [-0.2, -0.15) is 0 Å². The van der Waals surface area contributed by atoms with Crippen LogP contribution in [0.15, 0.2) is 0 Å². The number of alkyl halides is 1. The summed E-state index contributed by atoms with van der Waals surface area (Å²) in [5.74, 6) is 0. The number of hydrogen-bond acceptors (Lipinski definition) is 0. The highest BCUT2D eigenvalue weighted by Crippen LogP contribution is 2.34. The van der Waals surface area contributed by atoms with Crippen molar-refractivity contribution in [1.82, 2.24) is 0 Å². The molecule has 0 amide bonds. The molecular formula is C9H19Br. The van der Waals surface area contributed by atoms with E-state index in [0.717, 1.165) is 5.33 Å². The molecule has 10 heavy (non-hydrogen) atoms. The molecule has 0 nitrogen and oxygen atoms in total. The van der Waals surface area contributed by atoms with E-state index >= 15 is 0 Å². The Hall–Kier alpha value is 0.480. The minimum absolute atomic E-state index is 0.443. The van der Waals surface area contributed by atoms with Gasteiger partial charge in [0.2, 0.25) is 0 Å². The minimum Gasteiger partial charge on any atom is -0.0922 e. The summed E-state index contributed by atoms with van der Waals surface area (Å²) in [5.41, 5.74) is 0.898. The summed E-state index contributed by atoms with van der Waals surface area (Å²) in [6.07, 6.45) is 1.27. The van der Waals surface area contributed by atoms with Gasteiger partial charge in [-0.1, -0.05) is 50.5 Å². The summed E-state index contributed by atoms with van der Waals surface area (Å²) in [4.78, 5) is 0. The van der Waals surface area contributed by atoms with Crippen LogP contribution in [0.1, 0.15) is 41.0 Å². The van der Waals surface area contributed by atoms with Crippen LogP contribution < -0.4 is 0 Å². The first-order valence-corrected chi connectivity index (χ1v) is 4.95. The number of rotatable bonds is 2. The molecule has 0 unspecified atom stereocenters. The van der Waals surface area contributed by atoms with Crippen molar-refractivity contribution >= 4 is 15.9 Å². The molecule has 0 heterocycles. The third kappa shape index (κ3) is 5.28. The second-order valence-corrected chi connectivity index (χ2v) is 5.60. The summed E-state index contributed by atoms with van der Waals surface area (Å²) < 4.78 is 0. The second kappa shape index (κ2) is 3.25. The van der Waals surface area contributed by atoms with Crippen molar-refractivity contribution in [3.63, 3.8) is 0 Å². The summed E-state index contributed by atoms with van der Waals surface area (Å²) in [7, 11) is 0. The zero-order valence-corrected chi connectivity index (χ0v) is 9.38. The Morgan fingerprint density at radius 3 is 1.50 bits per heavy atom. The average Bonchev–Trinajstić information content (AvgIpc) is 1.60. The van der Waals surface area contributed by atoms with E-state index in [2.05, 4.69) is 50.5 Å². The minimum atomic E-state index is 0.443. The zero-order valence-electron chi connectivity index (χ0n) is 7.79. The maximum atomic E-state index is 3.52. The van der Waals surface area contributed by atoms with Gasteiger partial charge in [0.25, 0.3) is 0 Å². The molecule has 0 saturated carbocycles. The first kappa shape index (κ1) is 10.5. The molecule has 0 aromatic heterocycles. The van der Waals surface area contributed by atoms with E-state index < -0.39 is 0 Å². The van der Waals surface area contributed by atoms with Gasteiger partial charge in [-0.3, -0.25) is 0 Å². The fraction of sp³-hybridized carbons (Fsp3) is 1.00. The van der Waals surface area contributed by atoms with Crippen molar-refractivity contribution in [2.45, 2.75) is 41.0 Å². The molecule has 0 atom stereocenters. The standard InChI is InChI=1S/C9H19Br/c1-8(2,3)6-9(4,5)7-10/h6-7H2,1-5H3. The topological polar surface area (TPSA) is 0 Å². The first-order chi connectivity index (χ1) is 4.27. The maximum Gasteiger partial charge on any atom is 0.00828 e. The maximum absolute atomic E-state index is 3.52. The van der Waals surface area contributed by atoms with Crippen molar-refractivity contribution in [2.75, 3.05) is 5.33 Å². The molecule has 0 aliphatic heterocycles. The summed E-state index contributed by atoms with van der Waals surface area (Å²) in [6, 6.07) is 0. The normalized spacial score (nSPS) is 13.8. The van der Waals surface area contributed by atoms with Crippen LogP contribution in [-0.4, -0.2) is 5.33 Å². The van der Waals surface area contributed by atoms with Gasteiger partial charge in [0, 0.05) is 5.33 Å². The van der Waals surface area contributed by atoms with E-state index in [9.17, 15) is 0 Å². The van der Waals surface area contributed by atoms with Crippen LogP contribution in [0.2, 0.25) is 0 Å². The summed E-state index contributed by atoms with van der Waals surface area (Å²) >= 11 is 3.52. The smallest absolute Gasteiger partial charge is 0.00828 e. The first-order valence-electron chi connectivity index (χ1n) is 3.83. The van der Waals surface area contributed by atoms with Gasteiger partial charge in [0.05, 0.1) is 0 Å². The third-order valence-corrected chi connectivity index (χ3v) is 2.89. The van der Waals surface area contributed by atoms with Crippen LogP contribution in [0.25, 0.3) is 0 Å². The largest absolute Gasteiger partial charge is 0.0922 e. The Labute approximate surface area is 73.5 Å². The molecular weight excluding hydrogens is 188 g/mol. The van der Waals surface area contributed by atoms with Crippen molar-refractivity contribution in [2.24, 2.45) is 10.8 Å². The SMILES string of the molecule is CC(C)(C)CC(C)(C)CBr. The van der Waals surface area contributed by atoms with Crippen LogP contribution >= 0.6 is 15.9 Å². The second-order valence-electron chi connectivity index (χ2n) is 5.04. The molecule has 0 saturated heterocycles. The highest BCUT2D eigenvalue weighted by atomic mass is 79.9. The molecule has 0 bridgehead atoms. The molecule has 0 spiro atoms. The highest BCUT2D eigenvalue weighted by molar-refractivity contribution is 9.09. The van der Waals surface area contributed by atoms with Crippen molar-refractivity contribution < 1.29 is 0 Å². The molecule has 0 N–H and O–H groups in total. The quantitative estimate of drug-likeness (QED) is 0.603. The fourth-order valence-electron chi connectivity index (χ4n) is 1.48. The van der Waals surface area contributed by atoms with Crippen LogP contribution in [-0.2, 0) is 0 Å². The molecule has 0 aromatic carbocycles. The predicted molar refractivity (Wildman–Crippen MR) is 51.6 cm³/mol. The van der Waals surface area contributed by atoms with Gasteiger partial charge in [-0.15, -0.1) is 0 Å². The zero-order chi connectivity index (χ0) is 8.41. The lowest BCUT2D eigenvalue weighted by Gasteiger charge is -2.30. The molecule has 1 heteroatoms. The van der Waals surface area contributed by atoms with E-state index in [1.807, 2.05) is 0 Å². The van der Waals surface area contributed by atoms with E-state index in [-0.39, 0.29) is 0 Å². The van der Waals surface area contributed by atoms with E-state index in [4.69, 9.17) is 0 Å². The van der Waals surface area contributed by atoms with E-state index in [0.29, 0.717) is 10.8 Å². The Morgan fingerprint density at radius 1 is 1.00 bits per heavy atom. The lowest BCUT2D eigenvalue weighted by Crippen LogP contribution is -2.21. The van der Waals surface area contributed by atoms with E-state index in [1.165, 1.54) is 6.42 Å². The van der Waals surface area contributed by atoms with Crippen molar-refractivity contribution in [3.05, 3.63) is 0 Å². The average molecular weight is 207 g/mol. The Balaban J connectivity index is 3.89. The lowest BCUT2D eigenvalue weighted by atomic mass is 9.78. The molecule has 0 radical (unpaired) electrons. The molecule has 0 aliphatic carbocycles. The van der Waals surface area contributed by atoms with Crippen LogP contribution in [0.4, 0.5) is 0 Å². The Bertz CT molecular complexity index is 97.8. The lowest BCUT2D eigenvalue weighted by molar-refractivity contribution is 0.240. The summed E-state index contributed by atoms with van der Waals surface area (Å²) in [6.45, 7) is 11.5. The van der Waals surface area contributed by atoms with E-state index in [1.54, 1.807) is 0 Å². The molecule has 0 fully saturated rings. The van der Waals surface area contributed by atoms with Gasteiger partial charge in [-0.25, -0.2) is 0 Å². The van der Waals surface area contributed by atoms with Crippen molar-refractivity contribution in [1.29, 1.82) is 0 Å². The number of hydrogen-bond donors (Lipinski definition) is 0. The van der Waals surface area contributed by atoms with Gasteiger partial charge in [0.1, 0.15) is 0 Å². The van der Waals surface area contributed by atoms with Crippen LogP contribution in [0.5, 0.6) is 0 Å². The summed E-state index contributed by atoms with van der Waals surface area (Å²) in [5, 5.41) is 1.09. The monoisotopic (exact) mass is 206 g/mol. The van der Waals surface area contributed by atoms with Crippen LogP contribution in [0.3, 0.4) is 0 Å². The molecule has 0 aliphatic rings. The molecule has 62 valence electrons. The fourth-order valence-corrected chi connectivity index (χ4v) is 1.68. The predicted octanol–water partition coefficient (Wildman–Crippen LogP) is 3.84. The van der Waals surface area contributed by atoms with Gasteiger partial charge >= 0.3 is 0 Å². The number of halogens is 1. The van der Waals surface area contributed by atoms with Gasteiger partial charge in [-0.05, 0) is 17.3 Å². The van der Waals surface area contributed by atoms with Gasteiger partial charge in [0.15, 0.2) is 0 Å². The highest BCUT2D eigenvalue weighted by Gasteiger charge is 2.23. The third-order valence-electron chi connectivity index (χ3n) is 1.37. The Morgan fingerprint density at radius 2 is 1.40 bits per heavy atom. The molecule has 0 aromatic rings.